The van der Waals surface area contributed by atoms with Crippen molar-refractivity contribution in [2.75, 3.05) is 13.1 Å². The van der Waals surface area contributed by atoms with Gasteiger partial charge in [0.15, 0.2) is 0 Å². The lowest BCUT2D eigenvalue weighted by Gasteiger charge is -2.36. The second kappa shape index (κ2) is 6.94. The SMILES string of the molecule is C[C@@H]1CCCC[C@]12NC(=O)N(CC(=O)N1CCC[C@H]1c1ccncc1)C2=O. The van der Waals surface area contributed by atoms with Crippen molar-refractivity contribution in [1.82, 2.24) is 20.1 Å². The van der Waals surface area contributed by atoms with Gasteiger partial charge in [0.25, 0.3) is 5.91 Å². The van der Waals surface area contributed by atoms with E-state index in [0.29, 0.717) is 13.0 Å². The van der Waals surface area contributed by atoms with Gasteiger partial charge in [-0.15, -0.1) is 0 Å². The molecule has 4 amide bonds. The Kier molecular flexibility index (Phi) is 4.61. The van der Waals surface area contributed by atoms with Crippen molar-refractivity contribution in [3.63, 3.8) is 0 Å². The minimum absolute atomic E-state index is 0.0103. The van der Waals surface area contributed by atoms with Crippen LogP contribution in [0.15, 0.2) is 24.5 Å². The molecule has 1 aromatic rings. The van der Waals surface area contributed by atoms with Crippen molar-refractivity contribution in [2.24, 2.45) is 5.92 Å². The quantitative estimate of drug-likeness (QED) is 0.827. The van der Waals surface area contributed by atoms with E-state index in [-0.39, 0.29) is 30.3 Å². The fraction of sp³-hybridized carbons (Fsp3) is 0.600. The lowest BCUT2D eigenvalue weighted by molar-refractivity contribution is -0.141. The average Bonchev–Trinajstić information content (AvgIpc) is 3.25. The van der Waals surface area contributed by atoms with Crippen LogP contribution in [-0.4, -0.2) is 51.3 Å². The number of nitrogens with zero attached hydrogens (tertiary/aromatic N) is 3. The van der Waals surface area contributed by atoms with Crippen LogP contribution in [0.4, 0.5) is 4.79 Å². The lowest BCUT2D eigenvalue weighted by atomic mass is 9.73. The summed E-state index contributed by atoms with van der Waals surface area (Å²) in [6.45, 7) is 2.49. The summed E-state index contributed by atoms with van der Waals surface area (Å²) < 4.78 is 0. The number of rotatable bonds is 3. The van der Waals surface area contributed by atoms with Crippen LogP contribution in [0.5, 0.6) is 0 Å². The molecule has 4 rings (SSSR count). The van der Waals surface area contributed by atoms with E-state index >= 15 is 0 Å². The maximum absolute atomic E-state index is 13.1. The van der Waals surface area contributed by atoms with E-state index in [4.69, 9.17) is 0 Å². The Morgan fingerprint density at radius 1 is 1.22 bits per heavy atom. The van der Waals surface area contributed by atoms with Gasteiger partial charge in [0, 0.05) is 18.9 Å². The number of aromatic nitrogens is 1. The fourth-order valence-electron chi connectivity index (χ4n) is 4.86. The Bertz CT molecular complexity index is 753. The summed E-state index contributed by atoms with van der Waals surface area (Å²) in [7, 11) is 0. The molecule has 1 N–H and O–H groups in total. The van der Waals surface area contributed by atoms with Crippen molar-refractivity contribution < 1.29 is 14.4 Å². The maximum atomic E-state index is 13.1. The molecule has 3 fully saturated rings. The van der Waals surface area contributed by atoms with Crippen molar-refractivity contribution in [3.05, 3.63) is 30.1 Å². The van der Waals surface area contributed by atoms with Gasteiger partial charge in [0.05, 0.1) is 6.04 Å². The van der Waals surface area contributed by atoms with Gasteiger partial charge in [0.2, 0.25) is 5.91 Å². The predicted octanol–water partition coefficient (Wildman–Crippen LogP) is 2.25. The molecule has 3 heterocycles. The molecule has 1 aliphatic carbocycles. The predicted molar refractivity (Wildman–Crippen MR) is 98.5 cm³/mol. The highest BCUT2D eigenvalue weighted by atomic mass is 16.2. The number of carbonyl (C=O) groups is 3. The third kappa shape index (κ3) is 2.99. The van der Waals surface area contributed by atoms with E-state index < -0.39 is 11.6 Å². The van der Waals surface area contributed by atoms with Crippen molar-refractivity contribution in [2.45, 2.75) is 57.0 Å². The standard InChI is InChI=1S/C20H26N4O3/c1-14-5-2-3-9-20(14)18(26)24(19(27)22-20)13-17(25)23-12-4-6-16(23)15-7-10-21-11-8-15/h7-8,10-11,14,16H,2-6,9,12-13H2,1H3,(H,22,27)/t14-,16+,20+/m1/s1. The van der Waals surface area contributed by atoms with Crippen LogP contribution >= 0.6 is 0 Å². The smallest absolute Gasteiger partial charge is 0.325 e. The average molecular weight is 370 g/mol. The van der Waals surface area contributed by atoms with Gasteiger partial charge >= 0.3 is 6.03 Å². The molecule has 0 aromatic carbocycles. The minimum Gasteiger partial charge on any atom is -0.334 e. The third-order valence-electron chi connectivity index (χ3n) is 6.46. The molecule has 1 saturated carbocycles. The van der Waals surface area contributed by atoms with E-state index in [1.807, 2.05) is 19.1 Å². The Morgan fingerprint density at radius 3 is 2.74 bits per heavy atom. The van der Waals surface area contributed by atoms with Crippen LogP contribution < -0.4 is 5.32 Å². The van der Waals surface area contributed by atoms with Crippen LogP contribution in [-0.2, 0) is 9.59 Å². The number of amides is 4. The van der Waals surface area contributed by atoms with Gasteiger partial charge in [-0.25, -0.2) is 4.79 Å². The summed E-state index contributed by atoms with van der Waals surface area (Å²) in [4.78, 5) is 45.5. The number of nitrogens with one attached hydrogen (secondary N) is 1. The van der Waals surface area contributed by atoms with E-state index in [2.05, 4.69) is 10.3 Å². The second-order valence-corrected chi connectivity index (χ2v) is 7.97. The first-order chi connectivity index (χ1) is 13.0. The molecule has 2 saturated heterocycles. The third-order valence-corrected chi connectivity index (χ3v) is 6.46. The highest BCUT2D eigenvalue weighted by molar-refractivity contribution is 6.09. The number of pyridine rings is 1. The molecule has 1 spiro atoms. The maximum Gasteiger partial charge on any atom is 0.325 e. The summed E-state index contributed by atoms with van der Waals surface area (Å²) >= 11 is 0. The molecule has 7 heteroatoms. The summed E-state index contributed by atoms with van der Waals surface area (Å²) in [6, 6.07) is 3.40. The highest BCUT2D eigenvalue weighted by Gasteiger charge is 2.55. The normalized spacial score (nSPS) is 30.9. The van der Waals surface area contributed by atoms with Crippen LogP contribution in [0.2, 0.25) is 0 Å². The zero-order valence-corrected chi connectivity index (χ0v) is 15.7. The van der Waals surface area contributed by atoms with Crippen molar-refractivity contribution >= 4 is 17.8 Å². The molecule has 7 nitrogen and oxygen atoms in total. The first-order valence-corrected chi connectivity index (χ1v) is 9.86. The van der Waals surface area contributed by atoms with E-state index in [0.717, 1.165) is 42.6 Å². The largest absolute Gasteiger partial charge is 0.334 e. The van der Waals surface area contributed by atoms with Gasteiger partial charge in [-0.2, -0.15) is 0 Å². The number of hydrogen-bond donors (Lipinski definition) is 1. The zero-order chi connectivity index (χ0) is 19.0. The van der Waals surface area contributed by atoms with Crippen molar-refractivity contribution in [1.29, 1.82) is 0 Å². The van der Waals surface area contributed by atoms with Gasteiger partial charge in [-0.3, -0.25) is 19.5 Å². The lowest BCUT2D eigenvalue weighted by Crippen LogP contribution is -2.54. The first-order valence-electron chi connectivity index (χ1n) is 9.86. The molecular formula is C20H26N4O3. The van der Waals surface area contributed by atoms with Crippen LogP contribution in [0.1, 0.15) is 57.1 Å². The molecule has 0 radical (unpaired) electrons. The van der Waals surface area contributed by atoms with Crippen LogP contribution in [0.25, 0.3) is 0 Å². The van der Waals surface area contributed by atoms with E-state index in [1.165, 1.54) is 0 Å². The molecular weight excluding hydrogens is 344 g/mol. The highest BCUT2D eigenvalue weighted by Crippen LogP contribution is 2.38. The topological polar surface area (TPSA) is 82.6 Å². The minimum atomic E-state index is -0.814. The molecule has 27 heavy (non-hydrogen) atoms. The summed E-state index contributed by atoms with van der Waals surface area (Å²) in [5, 5.41) is 2.92. The molecule has 3 aliphatic rings. The Morgan fingerprint density at radius 2 is 2.00 bits per heavy atom. The molecule has 2 aliphatic heterocycles. The Labute approximate surface area is 159 Å². The number of likely N-dealkylation sites (tertiary alicyclic amines) is 1. The van der Waals surface area contributed by atoms with Crippen LogP contribution in [0.3, 0.4) is 0 Å². The molecule has 0 bridgehead atoms. The van der Waals surface area contributed by atoms with Gasteiger partial charge in [-0.1, -0.05) is 19.8 Å². The Balaban J connectivity index is 1.49. The number of imide groups is 1. The number of urea groups is 1. The Hall–Kier alpha value is -2.44. The zero-order valence-electron chi connectivity index (χ0n) is 15.7. The molecule has 1 aromatic heterocycles. The molecule has 3 atom stereocenters. The molecule has 144 valence electrons. The second-order valence-electron chi connectivity index (χ2n) is 7.97. The number of carbonyl (C=O) groups excluding carboxylic acids is 3. The monoisotopic (exact) mass is 370 g/mol. The van der Waals surface area contributed by atoms with E-state index in [9.17, 15) is 14.4 Å². The molecule has 0 unspecified atom stereocenters. The fourth-order valence-corrected chi connectivity index (χ4v) is 4.86. The first kappa shape index (κ1) is 17.9. The van der Waals surface area contributed by atoms with Crippen LogP contribution in [0, 0.1) is 5.92 Å². The summed E-state index contributed by atoms with van der Waals surface area (Å²) in [5.74, 6) is -0.301. The van der Waals surface area contributed by atoms with Gasteiger partial charge in [0.1, 0.15) is 12.1 Å². The van der Waals surface area contributed by atoms with Gasteiger partial charge < -0.3 is 10.2 Å². The summed E-state index contributed by atoms with van der Waals surface area (Å²) in [6.07, 6.45) is 8.83. The van der Waals surface area contributed by atoms with Gasteiger partial charge in [-0.05, 0) is 49.3 Å². The van der Waals surface area contributed by atoms with E-state index in [1.54, 1.807) is 17.3 Å². The van der Waals surface area contributed by atoms with Crippen molar-refractivity contribution in [3.8, 4) is 0 Å². The summed E-state index contributed by atoms with van der Waals surface area (Å²) in [5.41, 5.74) is 0.232. The number of hydrogen-bond acceptors (Lipinski definition) is 4.